The third kappa shape index (κ3) is 5.94. The fraction of sp³-hybridized carbons (Fsp3) is 0.650. The van der Waals surface area contributed by atoms with Crippen molar-refractivity contribution in [1.82, 2.24) is 10.6 Å². The van der Waals surface area contributed by atoms with Gasteiger partial charge in [-0.1, -0.05) is 6.07 Å². The summed E-state index contributed by atoms with van der Waals surface area (Å²) in [5.74, 6) is 1.67. The van der Waals surface area contributed by atoms with Crippen LogP contribution in [0.25, 0.3) is 0 Å². The molecule has 2 heterocycles. The van der Waals surface area contributed by atoms with Crippen molar-refractivity contribution in [3.05, 3.63) is 29.3 Å². The summed E-state index contributed by atoms with van der Waals surface area (Å²) in [5.41, 5.74) is 0.180. The van der Waals surface area contributed by atoms with Crippen LogP contribution >= 0.6 is 11.8 Å². The molecule has 162 valence electrons. The minimum Gasteiger partial charge on any atom is -0.378 e. The van der Waals surface area contributed by atoms with Gasteiger partial charge in [0.15, 0.2) is 5.96 Å². The Balaban J connectivity index is 1.66. The van der Waals surface area contributed by atoms with Gasteiger partial charge in [-0.3, -0.25) is 4.99 Å². The summed E-state index contributed by atoms with van der Waals surface area (Å²) in [5, 5.41) is 6.29. The van der Waals surface area contributed by atoms with Crippen LogP contribution in [0.4, 0.5) is 18.9 Å². The summed E-state index contributed by atoms with van der Waals surface area (Å²) < 4.78 is 46.5. The van der Waals surface area contributed by atoms with E-state index in [1.54, 1.807) is 19.2 Å². The number of nitrogens with zero attached hydrogens (tertiary/aromatic N) is 2. The summed E-state index contributed by atoms with van der Waals surface area (Å²) in [4.78, 5) is 6.09. The summed E-state index contributed by atoms with van der Waals surface area (Å²) in [6.45, 7) is 5.26. The molecule has 0 aliphatic carbocycles. The molecule has 1 aromatic carbocycles. The number of anilines is 1. The van der Waals surface area contributed by atoms with Crippen LogP contribution in [0.1, 0.15) is 30.9 Å². The number of halogens is 3. The fourth-order valence-corrected chi connectivity index (χ4v) is 4.89. The molecular weight excluding hydrogens is 401 g/mol. The van der Waals surface area contributed by atoms with E-state index >= 15 is 0 Å². The maximum absolute atomic E-state index is 13.7. The summed E-state index contributed by atoms with van der Waals surface area (Å²) in [7, 11) is 1.63. The molecule has 1 aromatic rings. The number of thioether (sulfide) groups is 1. The Morgan fingerprint density at radius 3 is 2.66 bits per heavy atom. The third-order valence-corrected chi connectivity index (χ3v) is 6.91. The Kier molecular flexibility index (Phi) is 7.21. The molecule has 9 heteroatoms. The van der Waals surface area contributed by atoms with Crippen LogP contribution in [0.5, 0.6) is 0 Å². The van der Waals surface area contributed by atoms with Crippen molar-refractivity contribution in [3.8, 4) is 0 Å². The molecule has 0 bridgehead atoms. The van der Waals surface area contributed by atoms with E-state index in [1.165, 1.54) is 12.5 Å². The Labute approximate surface area is 174 Å². The van der Waals surface area contributed by atoms with Gasteiger partial charge < -0.3 is 20.3 Å². The number of aliphatic imine (C=N–C) groups is 1. The average molecular weight is 431 g/mol. The number of morpholine rings is 1. The molecule has 5 nitrogen and oxygen atoms in total. The maximum Gasteiger partial charge on any atom is 0.416 e. The summed E-state index contributed by atoms with van der Waals surface area (Å²) >= 11 is 1.92. The molecular formula is C20H29F3N4OS. The number of ether oxygens (including phenoxy) is 1. The van der Waals surface area contributed by atoms with Gasteiger partial charge in [0.25, 0.3) is 0 Å². The highest BCUT2D eigenvalue weighted by Crippen LogP contribution is 2.37. The number of benzene rings is 1. The first-order valence-corrected chi connectivity index (χ1v) is 10.9. The lowest BCUT2D eigenvalue weighted by molar-refractivity contribution is -0.138. The van der Waals surface area contributed by atoms with E-state index in [2.05, 4.69) is 22.5 Å². The van der Waals surface area contributed by atoms with E-state index in [-0.39, 0.29) is 16.9 Å². The van der Waals surface area contributed by atoms with Crippen LogP contribution in [-0.4, -0.2) is 56.4 Å². The van der Waals surface area contributed by atoms with E-state index in [1.807, 2.05) is 16.7 Å². The van der Waals surface area contributed by atoms with Crippen LogP contribution in [0.15, 0.2) is 23.2 Å². The van der Waals surface area contributed by atoms with Crippen molar-refractivity contribution in [2.75, 3.05) is 50.5 Å². The molecule has 2 aliphatic rings. The second kappa shape index (κ2) is 9.47. The first kappa shape index (κ1) is 22.1. The van der Waals surface area contributed by atoms with Crippen molar-refractivity contribution in [2.24, 2.45) is 4.99 Å². The molecule has 2 N–H and O–H groups in total. The monoisotopic (exact) mass is 430 g/mol. The molecule has 0 aromatic heterocycles. The van der Waals surface area contributed by atoms with Crippen LogP contribution in [-0.2, 0) is 17.5 Å². The molecule has 2 aliphatic heterocycles. The number of hydrogen-bond donors (Lipinski definition) is 2. The molecule has 2 fully saturated rings. The van der Waals surface area contributed by atoms with Gasteiger partial charge in [0.05, 0.1) is 18.8 Å². The first-order valence-electron chi connectivity index (χ1n) is 9.92. The Morgan fingerprint density at radius 1 is 1.28 bits per heavy atom. The standard InChI is InChI=1S/C20H29F3N4OS/c1-19(6-3-11-29-19)14-26-18(24-2)25-13-15-4-5-16(12-17(15)20(21,22)23)27-7-9-28-10-8-27/h4-5,12H,3,6-11,13-14H2,1-2H3,(H2,24,25,26). The maximum atomic E-state index is 13.7. The number of nitrogens with one attached hydrogen (secondary N) is 2. The zero-order valence-electron chi connectivity index (χ0n) is 16.9. The van der Waals surface area contributed by atoms with Crippen LogP contribution in [0.2, 0.25) is 0 Å². The quantitative estimate of drug-likeness (QED) is 0.553. The highest BCUT2D eigenvalue weighted by molar-refractivity contribution is 8.00. The molecule has 0 saturated carbocycles. The first-order chi connectivity index (χ1) is 13.8. The predicted molar refractivity (Wildman–Crippen MR) is 113 cm³/mol. The predicted octanol–water partition coefficient (Wildman–Crippen LogP) is 3.49. The fourth-order valence-electron chi connectivity index (χ4n) is 3.65. The minimum atomic E-state index is -4.41. The summed E-state index contributed by atoms with van der Waals surface area (Å²) in [6.07, 6.45) is -2.09. The molecule has 0 radical (unpaired) electrons. The van der Waals surface area contributed by atoms with Crippen molar-refractivity contribution in [2.45, 2.75) is 37.2 Å². The Morgan fingerprint density at radius 2 is 2.03 bits per heavy atom. The molecule has 0 spiro atoms. The smallest absolute Gasteiger partial charge is 0.378 e. The second-order valence-electron chi connectivity index (χ2n) is 7.62. The van der Waals surface area contributed by atoms with Crippen molar-refractivity contribution in [3.63, 3.8) is 0 Å². The Hall–Kier alpha value is -1.61. The SMILES string of the molecule is CN=C(NCc1ccc(N2CCOCC2)cc1C(F)(F)F)NCC1(C)CCCS1. The van der Waals surface area contributed by atoms with E-state index in [0.717, 1.165) is 18.7 Å². The van der Waals surface area contributed by atoms with Crippen molar-refractivity contribution in [1.29, 1.82) is 0 Å². The van der Waals surface area contributed by atoms with E-state index < -0.39 is 11.7 Å². The highest BCUT2D eigenvalue weighted by atomic mass is 32.2. The normalized spacial score (nSPS) is 23.3. The van der Waals surface area contributed by atoms with Gasteiger partial charge in [-0.15, -0.1) is 0 Å². The summed E-state index contributed by atoms with van der Waals surface area (Å²) in [6, 6.07) is 4.56. The lowest BCUT2D eigenvalue weighted by Gasteiger charge is -2.30. The third-order valence-electron chi connectivity index (χ3n) is 5.38. The van der Waals surface area contributed by atoms with Crippen molar-refractivity contribution < 1.29 is 17.9 Å². The van der Waals surface area contributed by atoms with E-state index in [4.69, 9.17) is 4.74 Å². The topological polar surface area (TPSA) is 48.9 Å². The molecule has 29 heavy (non-hydrogen) atoms. The highest BCUT2D eigenvalue weighted by Gasteiger charge is 2.34. The second-order valence-corrected chi connectivity index (χ2v) is 9.30. The Bertz CT molecular complexity index is 714. The van der Waals surface area contributed by atoms with Crippen LogP contribution in [0, 0.1) is 0 Å². The van der Waals surface area contributed by atoms with Crippen molar-refractivity contribution >= 4 is 23.4 Å². The number of guanidine groups is 1. The minimum absolute atomic E-state index is 0.0573. The van der Waals surface area contributed by atoms with Gasteiger partial charge in [0.1, 0.15) is 0 Å². The van der Waals surface area contributed by atoms with Crippen LogP contribution in [0.3, 0.4) is 0 Å². The molecule has 3 rings (SSSR count). The lowest BCUT2D eigenvalue weighted by Crippen LogP contribution is -2.43. The van der Waals surface area contributed by atoms with E-state index in [9.17, 15) is 13.2 Å². The number of rotatable bonds is 5. The zero-order valence-corrected chi connectivity index (χ0v) is 17.8. The van der Waals surface area contributed by atoms with Gasteiger partial charge in [-0.2, -0.15) is 24.9 Å². The zero-order chi connectivity index (χ0) is 20.9. The number of hydrogen-bond acceptors (Lipinski definition) is 4. The van der Waals surface area contributed by atoms with Gasteiger partial charge in [0, 0.05) is 43.7 Å². The molecule has 0 amide bonds. The van der Waals surface area contributed by atoms with E-state index in [0.29, 0.717) is 38.0 Å². The largest absolute Gasteiger partial charge is 0.416 e. The molecule has 1 atom stereocenters. The van der Waals surface area contributed by atoms with Gasteiger partial charge in [-0.05, 0) is 43.2 Å². The number of alkyl halides is 3. The molecule has 1 unspecified atom stereocenters. The van der Waals surface area contributed by atoms with Gasteiger partial charge in [-0.25, -0.2) is 0 Å². The van der Waals surface area contributed by atoms with Gasteiger partial charge in [0.2, 0.25) is 0 Å². The molecule has 2 saturated heterocycles. The van der Waals surface area contributed by atoms with Crippen LogP contribution < -0.4 is 15.5 Å². The van der Waals surface area contributed by atoms with Gasteiger partial charge >= 0.3 is 6.18 Å². The lowest BCUT2D eigenvalue weighted by atomic mass is 10.0. The average Bonchev–Trinajstić information content (AvgIpc) is 3.15.